The molecule has 0 radical (unpaired) electrons. The van der Waals surface area contributed by atoms with Crippen LogP contribution in [0.3, 0.4) is 0 Å². The molecule has 1 aliphatic rings. The molecular weight excluding hydrogens is 280 g/mol. The largest absolute Gasteiger partial charge is 0.372 e. The van der Waals surface area contributed by atoms with Gasteiger partial charge in [0.2, 0.25) is 15.9 Å². The average Bonchev–Trinajstić information content (AvgIpc) is 2.23. The lowest BCUT2D eigenvalue weighted by Crippen LogP contribution is -2.55. The van der Waals surface area contributed by atoms with Gasteiger partial charge in [-0.2, -0.15) is 0 Å². The topological polar surface area (TPSA) is 75.7 Å². The Labute approximate surface area is 121 Å². The summed E-state index contributed by atoms with van der Waals surface area (Å²) in [6.07, 6.45) is 1.52. The van der Waals surface area contributed by atoms with Crippen LogP contribution in [-0.4, -0.2) is 56.8 Å². The van der Waals surface area contributed by atoms with Gasteiger partial charge >= 0.3 is 0 Å². The molecule has 1 amide bonds. The summed E-state index contributed by atoms with van der Waals surface area (Å²) in [6, 6.07) is -0.692. The molecule has 0 spiro atoms. The minimum atomic E-state index is -3.41. The summed E-state index contributed by atoms with van der Waals surface area (Å²) in [5.74, 6) is 0.0696. The van der Waals surface area contributed by atoms with Gasteiger partial charge in [0, 0.05) is 13.1 Å². The lowest BCUT2D eigenvalue weighted by Gasteiger charge is -2.37. The zero-order chi connectivity index (χ0) is 15.5. The predicted octanol–water partition coefficient (Wildman–Crippen LogP) is 0.586. The molecular formula is C13H26N2O4S. The molecule has 1 heterocycles. The van der Waals surface area contributed by atoms with Crippen molar-refractivity contribution in [2.75, 3.05) is 19.3 Å². The van der Waals surface area contributed by atoms with Gasteiger partial charge in [-0.3, -0.25) is 4.79 Å². The molecule has 0 unspecified atom stereocenters. The van der Waals surface area contributed by atoms with Crippen molar-refractivity contribution in [2.45, 2.75) is 52.4 Å². The fourth-order valence-corrected chi connectivity index (χ4v) is 3.22. The Morgan fingerprint density at radius 1 is 1.30 bits per heavy atom. The smallest absolute Gasteiger partial charge is 0.240 e. The van der Waals surface area contributed by atoms with Crippen LogP contribution in [0.15, 0.2) is 0 Å². The summed E-state index contributed by atoms with van der Waals surface area (Å²) >= 11 is 0. The molecule has 0 aromatic rings. The van der Waals surface area contributed by atoms with Crippen LogP contribution < -0.4 is 4.72 Å². The van der Waals surface area contributed by atoms with Crippen molar-refractivity contribution in [3.8, 4) is 0 Å². The highest BCUT2D eigenvalue weighted by Gasteiger charge is 2.32. The first-order chi connectivity index (χ1) is 9.08. The normalized spacial score (nSPS) is 25.8. The molecule has 3 atom stereocenters. The summed E-state index contributed by atoms with van der Waals surface area (Å²) in [6.45, 7) is 8.77. The summed E-state index contributed by atoms with van der Waals surface area (Å²) < 4.78 is 30.9. The number of amides is 1. The third-order valence-electron chi connectivity index (χ3n) is 3.09. The molecule has 1 fully saturated rings. The molecule has 1 saturated heterocycles. The standard InChI is InChI=1S/C13H26N2O4S/c1-9(2)6-12(14-20(5,17)18)13(16)15-7-10(3)19-11(4)8-15/h9-12,14H,6-8H2,1-5H3/t10-,11+,12-/m1/s1. The first-order valence-corrected chi connectivity index (χ1v) is 8.89. The van der Waals surface area contributed by atoms with Gasteiger partial charge in [-0.1, -0.05) is 13.8 Å². The summed E-state index contributed by atoms with van der Waals surface area (Å²) in [4.78, 5) is 14.2. The van der Waals surface area contributed by atoms with Gasteiger partial charge in [-0.05, 0) is 26.2 Å². The van der Waals surface area contributed by atoms with Crippen LogP contribution in [0.1, 0.15) is 34.1 Å². The van der Waals surface area contributed by atoms with E-state index in [0.29, 0.717) is 19.5 Å². The van der Waals surface area contributed by atoms with Gasteiger partial charge in [-0.15, -0.1) is 0 Å². The number of nitrogens with one attached hydrogen (secondary N) is 1. The Bertz CT molecular complexity index is 426. The van der Waals surface area contributed by atoms with Crippen LogP contribution >= 0.6 is 0 Å². The number of ether oxygens (including phenoxy) is 1. The van der Waals surface area contributed by atoms with E-state index in [1.807, 2.05) is 27.7 Å². The van der Waals surface area contributed by atoms with Crippen LogP contribution in [0.2, 0.25) is 0 Å². The van der Waals surface area contributed by atoms with E-state index in [0.717, 1.165) is 6.26 Å². The highest BCUT2D eigenvalue weighted by molar-refractivity contribution is 7.88. The van der Waals surface area contributed by atoms with Gasteiger partial charge in [0.15, 0.2) is 0 Å². The van der Waals surface area contributed by atoms with E-state index in [4.69, 9.17) is 4.74 Å². The van der Waals surface area contributed by atoms with Crippen molar-refractivity contribution in [3.63, 3.8) is 0 Å². The summed E-state index contributed by atoms with van der Waals surface area (Å²) in [5.41, 5.74) is 0. The van der Waals surface area contributed by atoms with Crippen molar-refractivity contribution in [2.24, 2.45) is 5.92 Å². The maximum atomic E-state index is 12.5. The molecule has 0 aromatic carbocycles. The van der Waals surface area contributed by atoms with Crippen LogP contribution in [0, 0.1) is 5.92 Å². The molecule has 0 saturated carbocycles. The van der Waals surface area contributed by atoms with Crippen LogP contribution in [0.5, 0.6) is 0 Å². The predicted molar refractivity (Wildman–Crippen MR) is 77.8 cm³/mol. The molecule has 7 heteroatoms. The monoisotopic (exact) mass is 306 g/mol. The van der Waals surface area contributed by atoms with E-state index in [2.05, 4.69) is 4.72 Å². The van der Waals surface area contributed by atoms with Gasteiger partial charge in [0.1, 0.15) is 6.04 Å². The van der Waals surface area contributed by atoms with E-state index < -0.39 is 16.1 Å². The molecule has 0 aromatic heterocycles. The average molecular weight is 306 g/mol. The maximum Gasteiger partial charge on any atom is 0.240 e. The number of carbonyl (C=O) groups excluding carboxylic acids is 1. The lowest BCUT2D eigenvalue weighted by atomic mass is 10.0. The fourth-order valence-electron chi connectivity index (χ4n) is 2.51. The fraction of sp³-hybridized carbons (Fsp3) is 0.923. The minimum absolute atomic E-state index is 0.0272. The van der Waals surface area contributed by atoms with Crippen molar-refractivity contribution >= 4 is 15.9 Å². The van der Waals surface area contributed by atoms with E-state index in [1.54, 1.807) is 4.90 Å². The number of hydrogen-bond acceptors (Lipinski definition) is 4. The Kier molecular flexibility index (Phi) is 5.97. The van der Waals surface area contributed by atoms with Crippen molar-refractivity contribution in [1.29, 1.82) is 0 Å². The molecule has 1 aliphatic heterocycles. The second-order valence-corrected chi connectivity index (χ2v) is 7.85. The first-order valence-electron chi connectivity index (χ1n) is 7.00. The van der Waals surface area contributed by atoms with E-state index in [9.17, 15) is 13.2 Å². The quantitative estimate of drug-likeness (QED) is 0.806. The molecule has 0 bridgehead atoms. The highest BCUT2D eigenvalue weighted by atomic mass is 32.2. The third-order valence-corrected chi connectivity index (χ3v) is 3.81. The SMILES string of the molecule is CC(C)C[C@@H](NS(C)(=O)=O)C(=O)N1C[C@@H](C)O[C@@H](C)C1. The second kappa shape index (κ2) is 6.87. The second-order valence-electron chi connectivity index (χ2n) is 6.07. The van der Waals surface area contributed by atoms with Crippen molar-refractivity contribution in [3.05, 3.63) is 0 Å². The lowest BCUT2D eigenvalue weighted by molar-refractivity contribution is -0.145. The zero-order valence-corrected chi connectivity index (χ0v) is 13.7. The number of rotatable bonds is 5. The Morgan fingerprint density at radius 3 is 2.20 bits per heavy atom. The Balaban J connectivity index is 2.81. The number of morpholine rings is 1. The summed E-state index contributed by atoms with van der Waals surface area (Å²) in [7, 11) is -3.41. The Hall–Kier alpha value is -0.660. The van der Waals surface area contributed by atoms with Crippen LogP contribution in [0.25, 0.3) is 0 Å². The van der Waals surface area contributed by atoms with E-state index >= 15 is 0 Å². The molecule has 1 N–H and O–H groups in total. The Morgan fingerprint density at radius 2 is 1.80 bits per heavy atom. The van der Waals surface area contributed by atoms with Gasteiger partial charge < -0.3 is 9.64 Å². The molecule has 1 rings (SSSR count). The van der Waals surface area contributed by atoms with Gasteiger partial charge in [-0.25, -0.2) is 13.1 Å². The first kappa shape index (κ1) is 17.4. The van der Waals surface area contributed by atoms with Gasteiger partial charge in [0.05, 0.1) is 18.5 Å². The number of nitrogens with zero attached hydrogens (tertiary/aromatic N) is 1. The van der Waals surface area contributed by atoms with E-state index in [1.165, 1.54) is 0 Å². The van der Waals surface area contributed by atoms with Crippen LogP contribution in [-0.2, 0) is 19.6 Å². The van der Waals surface area contributed by atoms with Crippen molar-refractivity contribution in [1.82, 2.24) is 9.62 Å². The maximum absolute atomic E-state index is 12.5. The molecule has 118 valence electrons. The zero-order valence-electron chi connectivity index (χ0n) is 12.9. The molecule has 20 heavy (non-hydrogen) atoms. The number of carbonyl (C=O) groups is 1. The van der Waals surface area contributed by atoms with Gasteiger partial charge in [0.25, 0.3) is 0 Å². The highest BCUT2D eigenvalue weighted by Crippen LogP contribution is 2.15. The number of hydrogen-bond donors (Lipinski definition) is 1. The summed E-state index contributed by atoms with van der Waals surface area (Å²) in [5, 5.41) is 0. The minimum Gasteiger partial charge on any atom is -0.372 e. The molecule has 6 nitrogen and oxygen atoms in total. The van der Waals surface area contributed by atoms with E-state index in [-0.39, 0.29) is 24.0 Å². The third kappa shape index (κ3) is 5.76. The number of sulfonamides is 1. The van der Waals surface area contributed by atoms with Crippen molar-refractivity contribution < 1.29 is 17.9 Å². The molecule has 0 aliphatic carbocycles. The van der Waals surface area contributed by atoms with Crippen LogP contribution in [0.4, 0.5) is 0 Å².